The van der Waals surface area contributed by atoms with Crippen LogP contribution < -0.4 is 11.5 Å². The van der Waals surface area contributed by atoms with Gasteiger partial charge in [0.1, 0.15) is 5.69 Å². The number of nitrogens with zero attached hydrogens (tertiary/aromatic N) is 3. The molecular formula is C10H17N5O2. The van der Waals surface area contributed by atoms with Crippen molar-refractivity contribution in [1.82, 2.24) is 14.5 Å². The molecule has 7 heteroatoms. The van der Waals surface area contributed by atoms with Crippen molar-refractivity contribution in [3.8, 4) is 0 Å². The number of aromatic nitrogens is 2. The fourth-order valence-electron chi connectivity index (χ4n) is 1.42. The van der Waals surface area contributed by atoms with E-state index < -0.39 is 5.91 Å². The Kier molecular flexibility index (Phi) is 4.65. The number of amides is 2. The van der Waals surface area contributed by atoms with E-state index in [9.17, 15) is 9.59 Å². The third-order valence-electron chi connectivity index (χ3n) is 2.26. The maximum atomic E-state index is 11.9. The molecule has 1 rings (SSSR count). The average molecular weight is 239 g/mol. The van der Waals surface area contributed by atoms with Crippen molar-refractivity contribution in [3.05, 3.63) is 18.2 Å². The molecule has 0 aliphatic heterocycles. The first-order chi connectivity index (χ1) is 8.08. The summed E-state index contributed by atoms with van der Waals surface area (Å²) in [6.07, 6.45) is 3.15. The van der Waals surface area contributed by atoms with Gasteiger partial charge in [0.15, 0.2) is 0 Å². The Morgan fingerprint density at radius 1 is 1.53 bits per heavy atom. The number of nitrogens with two attached hydrogens (primary N) is 2. The first kappa shape index (κ1) is 13.2. The van der Waals surface area contributed by atoms with E-state index in [0.29, 0.717) is 25.3 Å². The van der Waals surface area contributed by atoms with Gasteiger partial charge in [-0.25, -0.2) is 4.98 Å². The van der Waals surface area contributed by atoms with Crippen LogP contribution >= 0.6 is 0 Å². The van der Waals surface area contributed by atoms with Crippen molar-refractivity contribution in [2.45, 2.75) is 13.5 Å². The highest BCUT2D eigenvalue weighted by atomic mass is 16.2. The standard InChI is InChI=1S/C10H17N5O2/c1-2-15(6-9(12)16)10(17)8-5-14(4-3-11)7-13-8/h5,7H,2-4,6,11H2,1H3,(H2,12,16). The number of rotatable bonds is 6. The van der Waals surface area contributed by atoms with Gasteiger partial charge in [0, 0.05) is 25.8 Å². The monoisotopic (exact) mass is 239 g/mol. The molecule has 94 valence electrons. The van der Waals surface area contributed by atoms with Crippen LogP contribution in [-0.2, 0) is 11.3 Å². The predicted molar refractivity (Wildman–Crippen MR) is 62.1 cm³/mol. The number of likely N-dealkylation sites (N-methyl/N-ethyl adjacent to an activating group) is 1. The molecule has 7 nitrogen and oxygen atoms in total. The van der Waals surface area contributed by atoms with Gasteiger partial charge < -0.3 is 20.9 Å². The minimum Gasteiger partial charge on any atom is -0.368 e. The first-order valence-electron chi connectivity index (χ1n) is 5.38. The van der Waals surface area contributed by atoms with Gasteiger partial charge >= 0.3 is 0 Å². The summed E-state index contributed by atoms with van der Waals surface area (Å²) in [7, 11) is 0. The molecule has 2 amide bonds. The topological polar surface area (TPSA) is 107 Å². The summed E-state index contributed by atoms with van der Waals surface area (Å²) in [5.74, 6) is -0.844. The largest absolute Gasteiger partial charge is 0.368 e. The van der Waals surface area contributed by atoms with Crippen LogP contribution in [-0.4, -0.2) is 45.9 Å². The van der Waals surface area contributed by atoms with Crippen LogP contribution in [0.4, 0.5) is 0 Å². The van der Waals surface area contributed by atoms with E-state index in [2.05, 4.69) is 4.98 Å². The molecule has 0 atom stereocenters. The van der Waals surface area contributed by atoms with Crippen LogP contribution in [0.15, 0.2) is 12.5 Å². The van der Waals surface area contributed by atoms with Gasteiger partial charge in [-0.05, 0) is 6.92 Å². The number of carbonyl (C=O) groups excluding carboxylic acids is 2. The predicted octanol–water partition coefficient (Wildman–Crippen LogP) is -1.21. The van der Waals surface area contributed by atoms with E-state index in [1.54, 1.807) is 17.7 Å². The summed E-state index contributed by atoms with van der Waals surface area (Å²) >= 11 is 0. The molecule has 0 aliphatic rings. The van der Waals surface area contributed by atoms with Crippen molar-refractivity contribution in [3.63, 3.8) is 0 Å². The van der Waals surface area contributed by atoms with Crippen LogP contribution in [0, 0.1) is 0 Å². The fourth-order valence-corrected chi connectivity index (χ4v) is 1.42. The second-order valence-corrected chi connectivity index (χ2v) is 3.57. The van der Waals surface area contributed by atoms with E-state index in [0.717, 1.165) is 0 Å². The minimum absolute atomic E-state index is 0.0981. The quantitative estimate of drug-likeness (QED) is 0.649. The minimum atomic E-state index is -0.540. The lowest BCUT2D eigenvalue weighted by Crippen LogP contribution is -2.38. The van der Waals surface area contributed by atoms with Gasteiger partial charge in [-0.1, -0.05) is 0 Å². The smallest absolute Gasteiger partial charge is 0.274 e. The summed E-state index contributed by atoms with van der Waals surface area (Å²) in [4.78, 5) is 28.1. The molecular weight excluding hydrogens is 222 g/mol. The summed E-state index contributed by atoms with van der Waals surface area (Å²) in [6, 6.07) is 0. The lowest BCUT2D eigenvalue weighted by Gasteiger charge is -2.17. The Morgan fingerprint density at radius 3 is 2.76 bits per heavy atom. The molecule has 0 radical (unpaired) electrons. The summed E-state index contributed by atoms with van der Waals surface area (Å²) in [5, 5.41) is 0. The van der Waals surface area contributed by atoms with Crippen molar-refractivity contribution >= 4 is 11.8 Å². The van der Waals surface area contributed by atoms with Crippen LogP contribution in [0.25, 0.3) is 0 Å². The van der Waals surface area contributed by atoms with Crippen LogP contribution in [0.3, 0.4) is 0 Å². The molecule has 0 saturated carbocycles. The van der Waals surface area contributed by atoms with E-state index in [1.165, 1.54) is 11.2 Å². The Balaban J connectivity index is 2.75. The van der Waals surface area contributed by atoms with Crippen LogP contribution in [0.1, 0.15) is 17.4 Å². The number of carbonyl (C=O) groups is 2. The van der Waals surface area contributed by atoms with Gasteiger partial charge in [-0.15, -0.1) is 0 Å². The molecule has 0 bridgehead atoms. The molecule has 1 aromatic heterocycles. The van der Waals surface area contributed by atoms with Crippen molar-refractivity contribution < 1.29 is 9.59 Å². The zero-order valence-corrected chi connectivity index (χ0v) is 9.80. The molecule has 17 heavy (non-hydrogen) atoms. The lowest BCUT2D eigenvalue weighted by atomic mass is 10.3. The summed E-state index contributed by atoms with van der Waals surface area (Å²) in [6.45, 7) is 3.16. The molecule has 1 heterocycles. The van der Waals surface area contributed by atoms with Crippen molar-refractivity contribution in [2.75, 3.05) is 19.6 Å². The highest BCUT2D eigenvalue weighted by molar-refractivity contribution is 5.94. The van der Waals surface area contributed by atoms with E-state index in [1.807, 2.05) is 0 Å². The third-order valence-corrected chi connectivity index (χ3v) is 2.26. The maximum Gasteiger partial charge on any atom is 0.274 e. The summed E-state index contributed by atoms with van der Waals surface area (Å²) < 4.78 is 1.73. The van der Waals surface area contributed by atoms with E-state index in [-0.39, 0.29) is 12.5 Å². The molecule has 0 saturated heterocycles. The highest BCUT2D eigenvalue weighted by Crippen LogP contribution is 2.02. The Hall–Kier alpha value is -1.89. The molecule has 4 N–H and O–H groups in total. The highest BCUT2D eigenvalue weighted by Gasteiger charge is 2.18. The molecule has 0 spiro atoms. The Bertz CT molecular complexity index is 401. The fraction of sp³-hybridized carbons (Fsp3) is 0.500. The molecule has 1 aromatic rings. The van der Waals surface area contributed by atoms with Gasteiger partial charge in [0.05, 0.1) is 12.9 Å². The summed E-state index contributed by atoms with van der Waals surface area (Å²) in [5.41, 5.74) is 10.7. The SMILES string of the molecule is CCN(CC(N)=O)C(=O)c1cn(CCN)cn1. The van der Waals surface area contributed by atoms with Gasteiger partial charge in [-0.2, -0.15) is 0 Å². The second-order valence-electron chi connectivity index (χ2n) is 3.57. The third kappa shape index (κ3) is 3.56. The normalized spacial score (nSPS) is 10.2. The van der Waals surface area contributed by atoms with Crippen molar-refractivity contribution in [2.24, 2.45) is 11.5 Å². The van der Waals surface area contributed by atoms with E-state index in [4.69, 9.17) is 11.5 Å². The Labute approximate surface area is 99.4 Å². The molecule has 0 aromatic carbocycles. The van der Waals surface area contributed by atoms with Gasteiger partial charge in [0.2, 0.25) is 5.91 Å². The van der Waals surface area contributed by atoms with Gasteiger partial charge in [-0.3, -0.25) is 9.59 Å². The van der Waals surface area contributed by atoms with Crippen molar-refractivity contribution in [1.29, 1.82) is 0 Å². The zero-order chi connectivity index (χ0) is 12.8. The lowest BCUT2D eigenvalue weighted by molar-refractivity contribution is -0.118. The van der Waals surface area contributed by atoms with Crippen LogP contribution in [0.2, 0.25) is 0 Å². The first-order valence-corrected chi connectivity index (χ1v) is 5.38. The van der Waals surface area contributed by atoms with E-state index >= 15 is 0 Å². The average Bonchev–Trinajstić information content (AvgIpc) is 2.74. The van der Waals surface area contributed by atoms with Crippen LogP contribution in [0.5, 0.6) is 0 Å². The number of hydrogen-bond acceptors (Lipinski definition) is 4. The van der Waals surface area contributed by atoms with Gasteiger partial charge in [0.25, 0.3) is 5.91 Å². The Morgan fingerprint density at radius 2 is 2.24 bits per heavy atom. The molecule has 0 unspecified atom stereocenters. The maximum absolute atomic E-state index is 11.9. The molecule has 0 aliphatic carbocycles. The zero-order valence-electron chi connectivity index (χ0n) is 9.80. The number of imidazole rings is 1. The number of hydrogen-bond donors (Lipinski definition) is 2. The number of primary amides is 1. The molecule has 0 fully saturated rings. The second kappa shape index (κ2) is 6.00.